The number of likely N-dealkylation sites (tertiary alicyclic amines) is 1. The summed E-state index contributed by atoms with van der Waals surface area (Å²) in [6.07, 6.45) is 2.63. The molecule has 0 aliphatic carbocycles. The molecule has 0 radical (unpaired) electrons. The van der Waals surface area contributed by atoms with E-state index in [1.165, 1.54) is 25.9 Å². The minimum Gasteiger partial charge on any atom is -0.384 e. The SMILES string of the molecule is COCCNCCN1CCCC(COC)C1. The highest BCUT2D eigenvalue weighted by molar-refractivity contribution is 4.73. The van der Waals surface area contributed by atoms with E-state index in [9.17, 15) is 0 Å². The average molecular weight is 230 g/mol. The number of hydrogen-bond acceptors (Lipinski definition) is 4. The summed E-state index contributed by atoms with van der Waals surface area (Å²) in [5.74, 6) is 0.734. The highest BCUT2D eigenvalue weighted by Crippen LogP contribution is 2.15. The zero-order chi connectivity index (χ0) is 11.6. The third-order valence-electron chi connectivity index (χ3n) is 3.09. The Morgan fingerprint density at radius 1 is 1.25 bits per heavy atom. The van der Waals surface area contributed by atoms with Crippen LogP contribution >= 0.6 is 0 Å². The van der Waals surface area contributed by atoms with Gasteiger partial charge in [0.25, 0.3) is 0 Å². The minimum atomic E-state index is 0.734. The molecule has 0 saturated carbocycles. The second-order valence-corrected chi connectivity index (χ2v) is 4.51. The van der Waals surface area contributed by atoms with Gasteiger partial charge in [-0.2, -0.15) is 0 Å². The van der Waals surface area contributed by atoms with Crippen LogP contribution in [0.1, 0.15) is 12.8 Å². The lowest BCUT2D eigenvalue weighted by atomic mass is 9.99. The Morgan fingerprint density at radius 3 is 2.88 bits per heavy atom. The second kappa shape index (κ2) is 8.93. The Kier molecular flexibility index (Phi) is 7.76. The molecule has 1 unspecified atom stereocenters. The summed E-state index contributed by atoms with van der Waals surface area (Å²) in [6.45, 7) is 7.30. The van der Waals surface area contributed by atoms with Crippen molar-refractivity contribution < 1.29 is 9.47 Å². The number of rotatable bonds is 8. The van der Waals surface area contributed by atoms with Crippen molar-refractivity contribution in [2.45, 2.75) is 12.8 Å². The molecule has 96 valence electrons. The van der Waals surface area contributed by atoms with Gasteiger partial charge in [0, 0.05) is 40.4 Å². The molecular weight excluding hydrogens is 204 g/mol. The summed E-state index contributed by atoms with van der Waals surface area (Å²) in [7, 11) is 3.53. The van der Waals surface area contributed by atoms with Crippen molar-refractivity contribution >= 4 is 0 Å². The summed E-state index contributed by atoms with van der Waals surface area (Å²) >= 11 is 0. The minimum absolute atomic E-state index is 0.734. The number of ether oxygens (including phenoxy) is 2. The van der Waals surface area contributed by atoms with Crippen LogP contribution in [0, 0.1) is 5.92 Å². The van der Waals surface area contributed by atoms with E-state index in [1.54, 1.807) is 14.2 Å². The Balaban J connectivity index is 2.02. The lowest BCUT2D eigenvalue weighted by Gasteiger charge is -2.32. The highest BCUT2D eigenvalue weighted by atomic mass is 16.5. The van der Waals surface area contributed by atoms with E-state index >= 15 is 0 Å². The van der Waals surface area contributed by atoms with Crippen molar-refractivity contribution in [2.24, 2.45) is 5.92 Å². The van der Waals surface area contributed by atoms with Gasteiger partial charge in [-0.1, -0.05) is 0 Å². The van der Waals surface area contributed by atoms with E-state index in [1.807, 2.05) is 0 Å². The number of nitrogens with one attached hydrogen (secondary N) is 1. The predicted octanol–water partition coefficient (Wildman–Crippen LogP) is 0.581. The second-order valence-electron chi connectivity index (χ2n) is 4.51. The fraction of sp³-hybridized carbons (Fsp3) is 1.00. The zero-order valence-electron chi connectivity index (χ0n) is 10.7. The van der Waals surface area contributed by atoms with Crippen LogP contribution in [0.3, 0.4) is 0 Å². The molecule has 0 amide bonds. The maximum absolute atomic E-state index is 5.23. The van der Waals surface area contributed by atoms with Gasteiger partial charge in [0.1, 0.15) is 0 Å². The van der Waals surface area contributed by atoms with Crippen molar-refractivity contribution in [3.63, 3.8) is 0 Å². The molecule has 1 fully saturated rings. The zero-order valence-corrected chi connectivity index (χ0v) is 10.7. The average Bonchev–Trinajstić information content (AvgIpc) is 2.30. The maximum Gasteiger partial charge on any atom is 0.0587 e. The summed E-state index contributed by atoms with van der Waals surface area (Å²) in [4.78, 5) is 2.53. The predicted molar refractivity (Wildman–Crippen MR) is 65.8 cm³/mol. The largest absolute Gasteiger partial charge is 0.384 e. The third kappa shape index (κ3) is 5.80. The summed E-state index contributed by atoms with van der Waals surface area (Å²) in [5.41, 5.74) is 0. The lowest BCUT2D eigenvalue weighted by molar-refractivity contribution is 0.0907. The van der Waals surface area contributed by atoms with Gasteiger partial charge in [0.2, 0.25) is 0 Å². The van der Waals surface area contributed by atoms with Gasteiger partial charge in [0.15, 0.2) is 0 Å². The van der Waals surface area contributed by atoms with Gasteiger partial charge < -0.3 is 19.7 Å². The fourth-order valence-electron chi connectivity index (χ4n) is 2.26. The molecule has 1 aliphatic heterocycles. The van der Waals surface area contributed by atoms with Crippen molar-refractivity contribution in [1.82, 2.24) is 10.2 Å². The van der Waals surface area contributed by atoms with Crippen molar-refractivity contribution in [3.8, 4) is 0 Å². The van der Waals surface area contributed by atoms with Crippen LogP contribution in [-0.2, 0) is 9.47 Å². The van der Waals surface area contributed by atoms with Crippen LogP contribution in [0.4, 0.5) is 0 Å². The van der Waals surface area contributed by atoms with Crippen molar-refractivity contribution in [2.75, 3.05) is 60.2 Å². The van der Waals surface area contributed by atoms with Crippen molar-refractivity contribution in [3.05, 3.63) is 0 Å². The number of methoxy groups -OCH3 is 2. The molecule has 1 atom stereocenters. The third-order valence-corrected chi connectivity index (χ3v) is 3.09. The van der Waals surface area contributed by atoms with Crippen LogP contribution in [0.25, 0.3) is 0 Å². The molecule has 16 heavy (non-hydrogen) atoms. The molecular formula is C12H26N2O2. The summed E-state index contributed by atoms with van der Waals surface area (Å²) in [5, 5.41) is 3.38. The highest BCUT2D eigenvalue weighted by Gasteiger charge is 2.18. The Morgan fingerprint density at radius 2 is 2.12 bits per heavy atom. The monoisotopic (exact) mass is 230 g/mol. The molecule has 0 spiro atoms. The van der Waals surface area contributed by atoms with Gasteiger partial charge in [-0.15, -0.1) is 0 Å². The van der Waals surface area contributed by atoms with Gasteiger partial charge in [-0.05, 0) is 25.3 Å². The van der Waals surface area contributed by atoms with Gasteiger partial charge in [-0.25, -0.2) is 0 Å². The molecule has 1 N–H and O–H groups in total. The van der Waals surface area contributed by atoms with Gasteiger partial charge in [-0.3, -0.25) is 0 Å². The lowest BCUT2D eigenvalue weighted by Crippen LogP contribution is -2.41. The van der Waals surface area contributed by atoms with Gasteiger partial charge in [0.05, 0.1) is 13.2 Å². The Labute approximate surface area is 99.3 Å². The molecule has 1 heterocycles. The van der Waals surface area contributed by atoms with E-state index < -0.39 is 0 Å². The van der Waals surface area contributed by atoms with Gasteiger partial charge >= 0.3 is 0 Å². The molecule has 0 aromatic rings. The first-order valence-corrected chi connectivity index (χ1v) is 6.27. The molecule has 1 aliphatic rings. The first-order valence-electron chi connectivity index (χ1n) is 6.27. The van der Waals surface area contributed by atoms with Crippen LogP contribution in [0.5, 0.6) is 0 Å². The molecule has 0 bridgehead atoms. The summed E-state index contributed by atoms with van der Waals surface area (Å²) < 4.78 is 10.2. The maximum atomic E-state index is 5.23. The van der Waals surface area contributed by atoms with E-state index in [0.29, 0.717) is 0 Å². The van der Waals surface area contributed by atoms with E-state index in [0.717, 1.165) is 38.8 Å². The van der Waals surface area contributed by atoms with E-state index in [4.69, 9.17) is 9.47 Å². The van der Waals surface area contributed by atoms with E-state index in [-0.39, 0.29) is 0 Å². The molecule has 4 nitrogen and oxygen atoms in total. The summed E-state index contributed by atoms with van der Waals surface area (Å²) in [6, 6.07) is 0. The van der Waals surface area contributed by atoms with Crippen LogP contribution in [0.2, 0.25) is 0 Å². The number of nitrogens with zero attached hydrogens (tertiary/aromatic N) is 1. The number of hydrogen-bond donors (Lipinski definition) is 1. The fourth-order valence-corrected chi connectivity index (χ4v) is 2.26. The van der Waals surface area contributed by atoms with Crippen LogP contribution in [0.15, 0.2) is 0 Å². The topological polar surface area (TPSA) is 33.7 Å². The first kappa shape index (κ1) is 13.9. The molecule has 4 heteroatoms. The Bertz CT molecular complexity index is 165. The quantitative estimate of drug-likeness (QED) is 0.619. The smallest absolute Gasteiger partial charge is 0.0587 e. The molecule has 1 rings (SSSR count). The van der Waals surface area contributed by atoms with Crippen LogP contribution < -0.4 is 5.32 Å². The standard InChI is InChI=1S/C12H26N2O2/c1-15-9-6-13-5-8-14-7-3-4-12(10-14)11-16-2/h12-13H,3-11H2,1-2H3. The molecule has 1 saturated heterocycles. The normalized spacial score (nSPS) is 22.5. The van der Waals surface area contributed by atoms with Crippen LogP contribution in [-0.4, -0.2) is 65.1 Å². The first-order chi connectivity index (χ1) is 7.86. The molecule has 0 aromatic carbocycles. The van der Waals surface area contributed by atoms with Crippen molar-refractivity contribution in [1.29, 1.82) is 0 Å². The molecule has 0 aromatic heterocycles. The Hall–Kier alpha value is -0.160. The number of piperidine rings is 1. The van der Waals surface area contributed by atoms with E-state index in [2.05, 4.69) is 10.2 Å².